The van der Waals surface area contributed by atoms with Crippen molar-refractivity contribution in [3.63, 3.8) is 0 Å². The van der Waals surface area contributed by atoms with Crippen LogP contribution >= 0.6 is 0 Å². The van der Waals surface area contributed by atoms with Gasteiger partial charge >= 0.3 is 0 Å². The molecule has 2 heterocycles. The van der Waals surface area contributed by atoms with Crippen LogP contribution < -0.4 is 5.32 Å². The number of carbonyl (C=O) groups is 2. The Bertz CT molecular complexity index is 519. The molecule has 25 heavy (non-hydrogen) atoms. The molecule has 2 aliphatic rings. The van der Waals surface area contributed by atoms with E-state index in [9.17, 15) is 9.59 Å². The van der Waals surface area contributed by atoms with Gasteiger partial charge in [0.05, 0.1) is 6.04 Å². The summed E-state index contributed by atoms with van der Waals surface area (Å²) in [5, 5.41) is 3.42. The Morgan fingerprint density at radius 1 is 1.12 bits per heavy atom. The number of carbonyl (C=O) groups excluding carboxylic acids is 2. The van der Waals surface area contributed by atoms with Crippen LogP contribution in [-0.2, 0) is 4.79 Å². The zero-order chi connectivity index (χ0) is 18.8. The molecule has 1 aliphatic heterocycles. The molecule has 5 nitrogen and oxygen atoms in total. The normalized spacial score (nSPS) is 24.0. The van der Waals surface area contributed by atoms with Crippen molar-refractivity contribution in [2.24, 2.45) is 5.92 Å². The fourth-order valence-corrected chi connectivity index (χ4v) is 3.51. The van der Waals surface area contributed by atoms with Gasteiger partial charge in [-0.25, -0.2) is 0 Å². The van der Waals surface area contributed by atoms with Gasteiger partial charge in [0, 0.05) is 19.3 Å². The molecule has 5 heteroatoms. The second-order valence-electron chi connectivity index (χ2n) is 6.02. The van der Waals surface area contributed by atoms with Crippen molar-refractivity contribution in [3.8, 4) is 0 Å². The van der Waals surface area contributed by atoms with E-state index < -0.39 is 0 Å². The highest BCUT2D eigenvalue weighted by Crippen LogP contribution is 2.33. The molecule has 1 aliphatic carbocycles. The van der Waals surface area contributed by atoms with Gasteiger partial charge in [0.15, 0.2) is 0 Å². The van der Waals surface area contributed by atoms with E-state index in [0.29, 0.717) is 17.7 Å². The Balaban J connectivity index is 0.000000730. The molecular formula is C20H33N3O2. The van der Waals surface area contributed by atoms with Crippen LogP contribution in [0.1, 0.15) is 70.3 Å². The summed E-state index contributed by atoms with van der Waals surface area (Å²) in [6.45, 7) is 8.00. The number of hydrogen-bond donors (Lipinski definition) is 1. The molecule has 140 valence electrons. The van der Waals surface area contributed by atoms with Crippen LogP contribution in [0.3, 0.4) is 0 Å². The highest BCUT2D eigenvalue weighted by Gasteiger charge is 2.40. The zero-order valence-electron chi connectivity index (χ0n) is 16.3. The minimum absolute atomic E-state index is 0.139. The Morgan fingerprint density at radius 2 is 1.80 bits per heavy atom. The van der Waals surface area contributed by atoms with Gasteiger partial charge in [-0.2, -0.15) is 0 Å². The van der Waals surface area contributed by atoms with E-state index in [1.54, 1.807) is 31.4 Å². The molecule has 2 fully saturated rings. The number of nitrogens with zero attached hydrogens (tertiary/aromatic N) is 2. The van der Waals surface area contributed by atoms with Gasteiger partial charge in [-0.05, 0) is 37.3 Å². The average Bonchev–Trinajstić information content (AvgIpc) is 3.14. The van der Waals surface area contributed by atoms with Gasteiger partial charge in [-0.3, -0.25) is 19.5 Å². The monoisotopic (exact) mass is 347 g/mol. The van der Waals surface area contributed by atoms with Crippen LogP contribution in [0.5, 0.6) is 0 Å². The van der Waals surface area contributed by atoms with E-state index in [1.807, 2.05) is 27.7 Å². The Hall–Kier alpha value is -1.75. The molecule has 0 spiro atoms. The Morgan fingerprint density at radius 3 is 2.40 bits per heavy atom. The van der Waals surface area contributed by atoms with E-state index in [2.05, 4.69) is 10.3 Å². The van der Waals surface area contributed by atoms with Crippen LogP contribution in [0.4, 0.5) is 0 Å². The molecule has 3 atom stereocenters. The van der Waals surface area contributed by atoms with Crippen molar-refractivity contribution < 1.29 is 9.59 Å². The van der Waals surface area contributed by atoms with E-state index in [4.69, 9.17) is 0 Å². The number of imide groups is 1. The molecule has 0 radical (unpaired) electrons. The number of aromatic nitrogens is 1. The number of pyridine rings is 1. The number of rotatable bonds is 2. The number of likely N-dealkylation sites (N-methyl/N-ethyl adjacent to an activating group) is 1. The predicted molar refractivity (Wildman–Crippen MR) is 101 cm³/mol. The molecule has 1 saturated carbocycles. The van der Waals surface area contributed by atoms with Crippen molar-refractivity contribution in [2.45, 2.75) is 71.9 Å². The Labute approximate surface area is 152 Å². The summed E-state index contributed by atoms with van der Waals surface area (Å²) in [5.74, 6) is 0.114. The van der Waals surface area contributed by atoms with Crippen molar-refractivity contribution >= 4 is 11.8 Å². The maximum atomic E-state index is 12.5. The van der Waals surface area contributed by atoms with Gasteiger partial charge in [0.25, 0.3) is 5.91 Å². The number of hydrogen-bond acceptors (Lipinski definition) is 4. The van der Waals surface area contributed by atoms with Crippen LogP contribution in [-0.4, -0.2) is 40.8 Å². The first-order valence-electron chi connectivity index (χ1n) is 9.66. The van der Waals surface area contributed by atoms with Crippen LogP contribution in [0.15, 0.2) is 24.4 Å². The van der Waals surface area contributed by atoms with E-state index in [1.165, 1.54) is 24.2 Å². The fourth-order valence-electron chi connectivity index (χ4n) is 3.51. The smallest absolute Gasteiger partial charge is 0.278 e. The molecule has 0 bridgehead atoms. The number of amides is 2. The van der Waals surface area contributed by atoms with Gasteiger partial charge in [0.2, 0.25) is 5.91 Å². The second kappa shape index (κ2) is 11.0. The summed E-state index contributed by atoms with van der Waals surface area (Å²) in [4.78, 5) is 30.0. The minimum Gasteiger partial charge on any atom is -0.303 e. The molecule has 3 rings (SSSR count). The second-order valence-corrected chi connectivity index (χ2v) is 6.02. The van der Waals surface area contributed by atoms with Crippen LogP contribution in [0, 0.1) is 5.92 Å². The lowest BCUT2D eigenvalue weighted by molar-refractivity contribution is -0.129. The third kappa shape index (κ3) is 5.36. The predicted octanol–water partition coefficient (Wildman–Crippen LogP) is 3.65. The van der Waals surface area contributed by atoms with E-state index in [-0.39, 0.29) is 17.9 Å². The lowest BCUT2D eigenvalue weighted by Gasteiger charge is -2.24. The summed E-state index contributed by atoms with van der Waals surface area (Å²) in [7, 11) is 1.54. The van der Waals surface area contributed by atoms with Crippen molar-refractivity contribution in [1.82, 2.24) is 15.2 Å². The molecule has 1 saturated heterocycles. The first-order valence-corrected chi connectivity index (χ1v) is 9.66. The first kappa shape index (κ1) is 21.3. The maximum absolute atomic E-state index is 12.5. The average molecular weight is 348 g/mol. The summed E-state index contributed by atoms with van der Waals surface area (Å²) in [6.07, 6.45) is 7.24. The fraction of sp³-hybridized carbons (Fsp3) is 0.650. The summed E-state index contributed by atoms with van der Waals surface area (Å²) in [6, 6.07) is 5.36. The summed E-state index contributed by atoms with van der Waals surface area (Å²) in [5.41, 5.74) is 0.309. The molecule has 3 unspecified atom stereocenters. The summed E-state index contributed by atoms with van der Waals surface area (Å²) < 4.78 is 0. The highest BCUT2D eigenvalue weighted by atomic mass is 16.2. The highest BCUT2D eigenvalue weighted by molar-refractivity contribution is 6.04. The number of fused-ring (bicyclic) bond motifs is 1. The Kier molecular flexibility index (Phi) is 9.35. The van der Waals surface area contributed by atoms with Crippen LogP contribution in [0.2, 0.25) is 0 Å². The molecule has 1 N–H and O–H groups in total. The topological polar surface area (TPSA) is 62.3 Å². The molecule has 1 aromatic heterocycles. The largest absolute Gasteiger partial charge is 0.303 e. The summed E-state index contributed by atoms with van der Waals surface area (Å²) >= 11 is 0. The van der Waals surface area contributed by atoms with Crippen molar-refractivity contribution in [1.29, 1.82) is 0 Å². The van der Waals surface area contributed by atoms with Gasteiger partial charge in [0.1, 0.15) is 5.69 Å². The third-order valence-electron chi connectivity index (χ3n) is 4.68. The SMILES string of the molecule is CC.CC.CN(C(=O)c1ccccn1)C(=O)C1CC2CCCCC2N1. The molecule has 2 amide bonds. The van der Waals surface area contributed by atoms with Gasteiger partial charge < -0.3 is 5.32 Å². The minimum atomic E-state index is -0.336. The van der Waals surface area contributed by atoms with Crippen LogP contribution in [0.25, 0.3) is 0 Å². The van der Waals surface area contributed by atoms with Gasteiger partial charge in [-0.1, -0.05) is 46.6 Å². The molecule has 1 aromatic rings. The lowest BCUT2D eigenvalue weighted by atomic mass is 9.85. The van der Waals surface area contributed by atoms with Gasteiger partial charge in [-0.15, -0.1) is 0 Å². The molecule has 0 aromatic carbocycles. The molecular weight excluding hydrogens is 314 g/mol. The quantitative estimate of drug-likeness (QED) is 0.830. The van der Waals surface area contributed by atoms with E-state index >= 15 is 0 Å². The zero-order valence-corrected chi connectivity index (χ0v) is 16.3. The van der Waals surface area contributed by atoms with Crippen molar-refractivity contribution in [3.05, 3.63) is 30.1 Å². The maximum Gasteiger partial charge on any atom is 0.278 e. The van der Waals surface area contributed by atoms with E-state index in [0.717, 1.165) is 12.8 Å². The third-order valence-corrected chi connectivity index (χ3v) is 4.68. The first-order chi connectivity index (χ1) is 12.2. The standard InChI is InChI=1S/C16H21N3O2.2C2H6/c1-19(15(20)13-8-4-5-9-17-13)16(21)14-10-11-6-2-3-7-12(11)18-14;2*1-2/h4-5,8-9,11-12,14,18H,2-3,6-7,10H2,1H3;2*1-2H3. The van der Waals surface area contributed by atoms with Crippen molar-refractivity contribution in [2.75, 3.05) is 7.05 Å². The number of nitrogens with one attached hydrogen (secondary N) is 1. The lowest BCUT2D eigenvalue weighted by Crippen LogP contribution is -2.46.